The van der Waals surface area contributed by atoms with Crippen molar-refractivity contribution >= 4 is 21.6 Å². The Morgan fingerprint density at radius 1 is 1.15 bits per heavy atom. The Labute approximate surface area is 161 Å². The highest BCUT2D eigenvalue weighted by atomic mass is 32.2. The molecule has 0 aliphatic carbocycles. The van der Waals surface area contributed by atoms with E-state index in [1.54, 1.807) is 12.1 Å². The van der Waals surface area contributed by atoms with Crippen molar-refractivity contribution in [3.63, 3.8) is 0 Å². The monoisotopic (exact) mass is 386 g/mol. The second kappa shape index (κ2) is 7.72. The van der Waals surface area contributed by atoms with Gasteiger partial charge < -0.3 is 5.32 Å². The minimum Gasteiger partial charge on any atom is -0.345 e. The summed E-state index contributed by atoms with van der Waals surface area (Å²) in [6.45, 7) is 4.70. The molecule has 0 radical (unpaired) electrons. The molecule has 0 fully saturated rings. The molecule has 2 aromatic carbocycles. The molecule has 3 rings (SSSR count). The molecule has 0 unspecified atom stereocenters. The number of carbonyl (C=O) groups is 1. The molecule has 144 valence electrons. The van der Waals surface area contributed by atoms with Gasteiger partial charge in [-0.25, -0.2) is 8.42 Å². The van der Waals surface area contributed by atoms with E-state index in [1.807, 2.05) is 36.4 Å². The maximum Gasteiger partial charge on any atom is 0.251 e. The number of nitrogens with one attached hydrogen (secondary N) is 1. The van der Waals surface area contributed by atoms with Crippen molar-refractivity contribution in [1.29, 1.82) is 0 Å². The van der Waals surface area contributed by atoms with Gasteiger partial charge in [-0.05, 0) is 48.1 Å². The van der Waals surface area contributed by atoms with Crippen LogP contribution in [-0.2, 0) is 16.4 Å². The van der Waals surface area contributed by atoms with Gasteiger partial charge in [0.2, 0.25) is 10.0 Å². The van der Waals surface area contributed by atoms with E-state index >= 15 is 0 Å². The van der Waals surface area contributed by atoms with E-state index in [-0.39, 0.29) is 11.9 Å². The molecule has 5 nitrogen and oxygen atoms in total. The molecular weight excluding hydrogens is 360 g/mol. The average Bonchev–Trinajstić information content (AvgIpc) is 3.05. The van der Waals surface area contributed by atoms with Gasteiger partial charge >= 0.3 is 0 Å². The number of anilines is 1. The number of carbonyl (C=O) groups excluding carboxylic acids is 1. The molecule has 0 bridgehead atoms. The predicted octanol–water partition coefficient (Wildman–Crippen LogP) is 3.53. The fourth-order valence-electron chi connectivity index (χ4n) is 3.53. The summed E-state index contributed by atoms with van der Waals surface area (Å²) in [5.41, 5.74) is 3.22. The first kappa shape index (κ1) is 19.4. The molecule has 0 spiro atoms. The second-order valence-electron chi connectivity index (χ2n) is 7.49. The van der Waals surface area contributed by atoms with Crippen LogP contribution < -0.4 is 9.62 Å². The second-order valence-corrected chi connectivity index (χ2v) is 9.40. The van der Waals surface area contributed by atoms with Crippen LogP contribution in [0.15, 0.2) is 48.5 Å². The summed E-state index contributed by atoms with van der Waals surface area (Å²) in [6.07, 6.45) is 2.68. The van der Waals surface area contributed by atoms with Crippen molar-refractivity contribution in [2.75, 3.05) is 17.1 Å². The van der Waals surface area contributed by atoms with E-state index in [9.17, 15) is 13.2 Å². The van der Waals surface area contributed by atoms with Gasteiger partial charge in [0.15, 0.2) is 0 Å². The summed E-state index contributed by atoms with van der Waals surface area (Å²) in [5.74, 6) is 0.309. The van der Waals surface area contributed by atoms with Crippen LogP contribution in [0.3, 0.4) is 0 Å². The highest BCUT2D eigenvalue weighted by Crippen LogP contribution is 2.31. The van der Waals surface area contributed by atoms with E-state index in [0.29, 0.717) is 30.1 Å². The molecule has 6 heteroatoms. The fourth-order valence-corrected chi connectivity index (χ4v) is 4.49. The number of hydrogen-bond acceptors (Lipinski definition) is 3. The zero-order valence-electron chi connectivity index (χ0n) is 16.0. The molecule has 1 heterocycles. The SMILES string of the molecule is CC(C)C[C@H](NC(=O)c1ccc2c(c1)CCN2S(C)(=O)=O)c1ccccc1. The lowest BCUT2D eigenvalue weighted by Crippen LogP contribution is -2.29. The lowest BCUT2D eigenvalue weighted by atomic mass is 9.96. The lowest BCUT2D eigenvalue weighted by Gasteiger charge is -2.21. The summed E-state index contributed by atoms with van der Waals surface area (Å²) in [7, 11) is -3.28. The first-order chi connectivity index (χ1) is 12.8. The third-order valence-corrected chi connectivity index (χ3v) is 5.99. The van der Waals surface area contributed by atoms with Crippen molar-refractivity contribution in [3.05, 3.63) is 65.2 Å². The smallest absolute Gasteiger partial charge is 0.251 e. The number of fused-ring (bicyclic) bond motifs is 1. The highest BCUT2D eigenvalue weighted by molar-refractivity contribution is 7.92. The first-order valence-corrected chi connectivity index (χ1v) is 11.1. The summed E-state index contributed by atoms with van der Waals surface area (Å²) < 4.78 is 25.1. The number of rotatable bonds is 6. The Kier molecular flexibility index (Phi) is 5.56. The molecule has 0 saturated carbocycles. The van der Waals surface area contributed by atoms with Gasteiger partial charge in [-0.3, -0.25) is 9.10 Å². The number of benzene rings is 2. The highest BCUT2D eigenvalue weighted by Gasteiger charge is 2.27. The quantitative estimate of drug-likeness (QED) is 0.826. The molecule has 0 aromatic heterocycles. The maximum absolute atomic E-state index is 12.8. The number of sulfonamides is 1. The Balaban J connectivity index is 1.81. The molecule has 1 amide bonds. The molecule has 2 aromatic rings. The first-order valence-electron chi connectivity index (χ1n) is 9.22. The number of hydrogen-bond donors (Lipinski definition) is 1. The minimum absolute atomic E-state index is 0.0560. The zero-order chi connectivity index (χ0) is 19.6. The predicted molar refractivity (Wildman–Crippen MR) is 108 cm³/mol. The van der Waals surface area contributed by atoms with Crippen LogP contribution in [0.1, 0.15) is 47.8 Å². The van der Waals surface area contributed by atoms with Gasteiger partial charge in [-0.2, -0.15) is 0 Å². The summed E-state index contributed by atoms with van der Waals surface area (Å²) in [4.78, 5) is 12.8. The molecule has 1 aliphatic rings. The summed E-state index contributed by atoms with van der Waals surface area (Å²) in [5, 5.41) is 3.14. The Hall–Kier alpha value is -2.34. The van der Waals surface area contributed by atoms with Gasteiger partial charge in [-0.1, -0.05) is 44.2 Å². The molecule has 27 heavy (non-hydrogen) atoms. The largest absolute Gasteiger partial charge is 0.345 e. The van der Waals surface area contributed by atoms with Crippen LogP contribution in [0.4, 0.5) is 5.69 Å². The fraction of sp³-hybridized carbons (Fsp3) is 0.381. The third-order valence-electron chi connectivity index (χ3n) is 4.81. The van der Waals surface area contributed by atoms with E-state index in [4.69, 9.17) is 0 Å². The van der Waals surface area contributed by atoms with Gasteiger partial charge in [0.1, 0.15) is 0 Å². The van der Waals surface area contributed by atoms with Gasteiger partial charge in [0.25, 0.3) is 5.91 Å². The van der Waals surface area contributed by atoms with Crippen molar-refractivity contribution in [2.24, 2.45) is 5.92 Å². The van der Waals surface area contributed by atoms with Crippen LogP contribution in [0.2, 0.25) is 0 Å². The van der Waals surface area contributed by atoms with Gasteiger partial charge in [0, 0.05) is 12.1 Å². The van der Waals surface area contributed by atoms with Gasteiger partial charge in [-0.15, -0.1) is 0 Å². The molecule has 1 aliphatic heterocycles. The van der Waals surface area contributed by atoms with Crippen LogP contribution in [0.25, 0.3) is 0 Å². The third kappa shape index (κ3) is 4.50. The number of amides is 1. The van der Waals surface area contributed by atoms with Crippen molar-refractivity contribution < 1.29 is 13.2 Å². The minimum atomic E-state index is -3.28. The Morgan fingerprint density at radius 3 is 2.48 bits per heavy atom. The van der Waals surface area contributed by atoms with Crippen molar-refractivity contribution in [1.82, 2.24) is 5.32 Å². The standard InChI is InChI=1S/C21H26N2O3S/c1-15(2)13-19(16-7-5-4-6-8-16)22-21(24)18-9-10-20-17(14-18)11-12-23(20)27(3,25)26/h4-10,14-15,19H,11-13H2,1-3H3,(H,22,24)/t19-/m0/s1. The van der Waals surface area contributed by atoms with Crippen molar-refractivity contribution in [3.8, 4) is 0 Å². The van der Waals surface area contributed by atoms with Crippen LogP contribution in [0.5, 0.6) is 0 Å². The zero-order valence-corrected chi connectivity index (χ0v) is 16.8. The van der Waals surface area contributed by atoms with Crippen LogP contribution in [0, 0.1) is 5.92 Å². The Bertz CT molecular complexity index is 924. The molecule has 1 N–H and O–H groups in total. The van der Waals surface area contributed by atoms with Gasteiger partial charge in [0.05, 0.1) is 18.0 Å². The Morgan fingerprint density at radius 2 is 1.85 bits per heavy atom. The van der Waals surface area contributed by atoms with Crippen LogP contribution >= 0.6 is 0 Å². The lowest BCUT2D eigenvalue weighted by molar-refractivity contribution is 0.0932. The molecular formula is C21H26N2O3S. The molecule has 1 atom stereocenters. The van der Waals surface area contributed by atoms with E-state index < -0.39 is 10.0 Å². The maximum atomic E-state index is 12.8. The van der Waals surface area contributed by atoms with Crippen LogP contribution in [-0.4, -0.2) is 27.1 Å². The topological polar surface area (TPSA) is 66.5 Å². The number of nitrogens with zero attached hydrogens (tertiary/aromatic N) is 1. The van der Waals surface area contributed by atoms with Crippen molar-refractivity contribution in [2.45, 2.75) is 32.7 Å². The average molecular weight is 387 g/mol. The molecule has 0 saturated heterocycles. The normalized spacial score (nSPS) is 14.9. The van der Waals surface area contributed by atoms with E-state index in [2.05, 4.69) is 19.2 Å². The summed E-state index contributed by atoms with van der Waals surface area (Å²) >= 11 is 0. The van der Waals surface area contributed by atoms with E-state index in [0.717, 1.165) is 17.5 Å². The summed E-state index contributed by atoms with van der Waals surface area (Å²) in [6, 6.07) is 15.2. The van der Waals surface area contributed by atoms with E-state index in [1.165, 1.54) is 10.6 Å².